The van der Waals surface area contributed by atoms with Crippen LogP contribution in [0.15, 0.2) is 65.4 Å². The number of benzene rings is 2. The zero-order chi connectivity index (χ0) is 22.9. The third-order valence-electron chi connectivity index (χ3n) is 4.68. The lowest BCUT2D eigenvalue weighted by molar-refractivity contribution is -0.121. The van der Waals surface area contributed by atoms with Gasteiger partial charge in [-0.2, -0.15) is 0 Å². The fraction of sp³-hybridized carbons (Fsp3) is 0.292. The van der Waals surface area contributed by atoms with Crippen molar-refractivity contribution in [2.75, 3.05) is 26.4 Å². The van der Waals surface area contributed by atoms with Crippen LogP contribution in [-0.4, -0.2) is 47.5 Å². The highest BCUT2D eigenvalue weighted by Crippen LogP contribution is 2.30. The standard InChI is InChI=1S/C24H23BrCl2N2O3.ClH/c1-2-3-14-31-23(18-4-8-20(26)9-5-18)24(27)29-13-12-28(17-29)15-21(30)16-32-22-10-6-19(25)7-11-22;/h4-13,23-24H,14-17H2,1H3;1H. The number of halogens is 4. The molecule has 0 saturated carbocycles. The Balaban J connectivity index is 0.00000385. The number of rotatable bonds is 10. The first kappa shape index (κ1) is 27.4. The Hall–Kier alpha value is -1.88. The maximum Gasteiger partial charge on any atom is 0.189 e. The second-order valence-electron chi connectivity index (χ2n) is 7.06. The molecule has 1 aliphatic rings. The van der Waals surface area contributed by atoms with Crippen molar-refractivity contribution in [1.29, 1.82) is 0 Å². The molecule has 0 saturated heterocycles. The van der Waals surface area contributed by atoms with Gasteiger partial charge in [0.05, 0.1) is 13.2 Å². The SMILES string of the molecule is CC#CCOC(c1ccc(Cl)cc1)C(Cl)N1C=CN(CC(=O)COc2ccc(Br)cc2)C1.Cl. The van der Waals surface area contributed by atoms with E-state index in [1.54, 1.807) is 19.1 Å². The smallest absolute Gasteiger partial charge is 0.189 e. The molecule has 0 spiro atoms. The summed E-state index contributed by atoms with van der Waals surface area (Å²) in [5.41, 5.74) is 0.406. The zero-order valence-corrected chi connectivity index (χ0v) is 21.8. The van der Waals surface area contributed by atoms with Gasteiger partial charge in [0.2, 0.25) is 0 Å². The molecule has 0 aromatic heterocycles. The van der Waals surface area contributed by atoms with Gasteiger partial charge in [0.15, 0.2) is 5.78 Å². The first-order valence-electron chi connectivity index (χ1n) is 9.95. The molecule has 0 N–H and O–H groups in total. The number of carbonyl (C=O) groups excluding carboxylic acids is 1. The van der Waals surface area contributed by atoms with Gasteiger partial charge in [0.1, 0.15) is 30.6 Å². The molecule has 2 atom stereocenters. The molecule has 0 radical (unpaired) electrons. The van der Waals surface area contributed by atoms with Crippen LogP contribution in [0.2, 0.25) is 5.02 Å². The van der Waals surface area contributed by atoms with Gasteiger partial charge in [0, 0.05) is 21.9 Å². The predicted molar refractivity (Wildman–Crippen MR) is 138 cm³/mol. The lowest BCUT2D eigenvalue weighted by Gasteiger charge is -2.31. The summed E-state index contributed by atoms with van der Waals surface area (Å²) in [6, 6.07) is 14.8. The largest absolute Gasteiger partial charge is 0.486 e. The van der Waals surface area contributed by atoms with Gasteiger partial charge < -0.3 is 19.3 Å². The minimum atomic E-state index is -0.495. The molecule has 2 unspecified atom stereocenters. The third kappa shape index (κ3) is 8.44. The first-order valence-corrected chi connectivity index (χ1v) is 11.6. The highest BCUT2D eigenvalue weighted by Gasteiger charge is 2.29. The minimum Gasteiger partial charge on any atom is -0.486 e. The van der Waals surface area contributed by atoms with E-state index in [0.29, 0.717) is 17.4 Å². The molecule has 176 valence electrons. The number of ether oxygens (including phenoxy) is 2. The summed E-state index contributed by atoms with van der Waals surface area (Å²) >= 11 is 16.2. The van der Waals surface area contributed by atoms with E-state index < -0.39 is 11.6 Å². The number of ketones is 1. The summed E-state index contributed by atoms with van der Waals surface area (Å²) in [5.74, 6) is 6.35. The molecule has 2 aromatic rings. The van der Waals surface area contributed by atoms with Crippen LogP contribution in [0, 0.1) is 11.8 Å². The van der Waals surface area contributed by atoms with Crippen molar-refractivity contribution in [3.8, 4) is 17.6 Å². The molecule has 0 bridgehead atoms. The molecule has 3 rings (SSSR count). The van der Waals surface area contributed by atoms with E-state index >= 15 is 0 Å². The van der Waals surface area contributed by atoms with Crippen molar-refractivity contribution in [3.05, 3.63) is 76.0 Å². The average Bonchev–Trinajstić information content (AvgIpc) is 3.25. The van der Waals surface area contributed by atoms with Crippen LogP contribution in [0.3, 0.4) is 0 Å². The van der Waals surface area contributed by atoms with Crippen molar-refractivity contribution in [1.82, 2.24) is 9.80 Å². The molecule has 1 heterocycles. The average molecular weight is 575 g/mol. The molecule has 1 aliphatic heterocycles. The van der Waals surface area contributed by atoms with Gasteiger partial charge in [-0.3, -0.25) is 4.79 Å². The maximum absolute atomic E-state index is 12.4. The van der Waals surface area contributed by atoms with Gasteiger partial charge >= 0.3 is 0 Å². The Labute approximate surface area is 219 Å². The molecular weight excluding hydrogens is 551 g/mol. The van der Waals surface area contributed by atoms with Gasteiger partial charge in [-0.15, -0.1) is 18.3 Å². The van der Waals surface area contributed by atoms with Gasteiger partial charge in [-0.05, 0) is 48.9 Å². The van der Waals surface area contributed by atoms with E-state index in [1.165, 1.54) is 0 Å². The van der Waals surface area contributed by atoms with Crippen LogP contribution in [0.1, 0.15) is 18.6 Å². The number of alkyl halides is 1. The second-order valence-corrected chi connectivity index (χ2v) is 8.86. The van der Waals surface area contributed by atoms with E-state index in [4.69, 9.17) is 32.7 Å². The number of hydrogen-bond donors (Lipinski definition) is 0. The molecule has 0 fully saturated rings. The number of hydrogen-bond acceptors (Lipinski definition) is 5. The summed E-state index contributed by atoms with van der Waals surface area (Å²) in [7, 11) is 0. The summed E-state index contributed by atoms with van der Waals surface area (Å²) in [6.45, 7) is 2.71. The topological polar surface area (TPSA) is 42.0 Å². The first-order chi connectivity index (χ1) is 15.5. The molecule has 9 heteroatoms. The molecule has 2 aromatic carbocycles. The maximum atomic E-state index is 12.4. The van der Waals surface area contributed by atoms with Crippen LogP contribution >= 0.6 is 51.5 Å². The van der Waals surface area contributed by atoms with Crippen molar-refractivity contribution in [3.63, 3.8) is 0 Å². The molecular formula is C24H24BrCl3N2O3. The zero-order valence-electron chi connectivity index (χ0n) is 17.9. The number of carbonyl (C=O) groups is 1. The molecule has 33 heavy (non-hydrogen) atoms. The van der Waals surface area contributed by atoms with Crippen molar-refractivity contribution in [2.24, 2.45) is 0 Å². The molecule has 5 nitrogen and oxygen atoms in total. The fourth-order valence-electron chi connectivity index (χ4n) is 3.08. The van der Waals surface area contributed by atoms with E-state index in [2.05, 4.69) is 27.8 Å². The third-order valence-corrected chi connectivity index (χ3v) is 5.94. The van der Waals surface area contributed by atoms with Crippen molar-refractivity contribution >= 4 is 57.3 Å². The predicted octanol–water partition coefficient (Wildman–Crippen LogP) is 5.86. The summed E-state index contributed by atoms with van der Waals surface area (Å²) in [6.07, 6.45) is 3.28. The fourth-order valence-corrected chi connectivity index (χ4v) is 3.81. The molecule has 0 amide bonds. The Morgan fingerprint density at radius 3 is 2.52 bits per heavy atom. The van der Waals surface area contributed by atoms with Crippen LogP contribution in [-0.2, 0) is 9.53 Å². The normalized spacial score (nSPS) is 14.2. The highest BCUT2D eigenvalue weighted by molar-refractivity contribution is 9.10. The highest BCUT2D eigenvalue weighted by atomic mass is 79.9. The van der Waals surface area contributed by atoms with Gasteiger partial charge in [-0.25, -0.2) is 0 Å². The Morgan fingerprint density at radius 1 is 1.15 bits per heavy atom. The van der Waals surface area contributed by atoms with E-state index in [9.17, 15) is 4.79 Å². The van der Waals surface area contributed by atoms with Gasteiger partial charge in [-0.1, -0.05) is 57.2 Å². The van der Waals surface area contributed by atoms with Crippen molar-refractivity contribution in [2.45, 2.75) is 18.5 Å². The van der Waals surface area contributed by atoms with E-state index in [0.717, 1.165) is 10.0 Å². The quantitative estimate of drug-likeness (QED) is 0.202. The lowest BCUT2D eigenvalue weighted by atomic mass is 10.1. The summed E-state index contributed by atoms with van der Waals surface area (Å²) in [4.78, 5) is 16.2. The lowest BCUT2D eigenvalue weighted by Crippen LogP contribution is -2.37. The summed E-state index contributed by atoms with van der Waals surface area (Å²) in [5, 5.41) is 0.642. The van der Waals surface area contributed by atoms with Crippen molar-refractivity contribution < 1.29 is 14.3 Å². The van der Waals surface area contributed by atoms with E-state index in [1.807, 2.05) is 58.6 Å². The Morgan fingerprint density at radius 2 is 1.85 bits per heavy atom. The Bertz CT molecular complexity index is 991. The van der Waals surface area contributed by atoms with Crippen LogP contribution in [0.4, 0.5) is 0 Å². The summed E-state index contributed by atoms with van der Waals surface area (Å²) < 4.78 is 12.5. The van der Waals surface area contributed by atoms with Crippen LogP contribution in [0.25, 0.3) is 0 Å². The van der Waals surface area contributed by atoms with Gasteiger partial charge in [0.25, 0.3) is 0 Å². The number of nitrogens with zero attached hydrogens (tertiary/aromatic N) is 2. The second kappa shape index (κ2) is 13.7. The van der Waals surface area contributed by atoms with Crippen LogP contribution in [0.5, 0.6) is 5.75 Å². The van der Waals surface area contributed by atoms with Crippen LogP contribution < -0.4 is 4.74 Å². The minimum absolute atomic E-state index is 0. The Kier molecular flexibility index (Phi) is 11.4. The molecule has 0 aliphatic carbocycles. The number of Topliss-reactive ketones (excluding diaryl/α,β-unsaturated/α-hetero) is 1. The van der Waals surface area contributed by atoms with E-state index in [-0.39, 0.29) is 37.9 Å². The monoisotopic (exact) mass is 572 g/mol.